The molecule has 0 heterocycles. The number of aliphatic hydroxyl groups excluding tert-OH is 2. The molecule has 0 aromatic heterocycles. The van der Waals surface area contributed by atoms with Gasteiger partial charge in [-0.25, -0.2) is 4.79 Å². The number of hydrogen-bond donors (Lipinski definition) is 6. The number of aliphatic hydroxyl groups is 2. The van der Waals surface area contributed by atoms with Crippen molar-refractivity contribution in [3.05, 3.63) is 35.9 Å². The molecule has 0 saturated heterocycles. The van der Waals surface area contributed by atoms with Gasteiger partial charge < -0.3 is 36.2 Å². The third-order valence-corrected chi connectivity index (χ3v) is 6.30. The second kappa shape index (κ2) is 16.9. The van der Waals surface area contributed by atoms with Crippen LogP contribution in [0.4, 0.5) is 4.79 Å². The minimum atomic E-state index is -1.26. The fraction of sp³-hybridized carbons (Fsp3) is 0.667. The summed E-state index contributed by atoms with van der Waals surface area (Å²) in [5.74, 6) is -1.49. The Morgan fingerprint density at radius 1 is 0.829 bits per heavy atom. The Bertz CT molecular complexity index is 979. The van der Waals surface area contributed by atoms with Crippen LogP contribution in [0.3, 0.4) is 0 Å². The van der Waals surface area contributed by atoms with Crippen molar-refractivity contribution in [1.29, 1.82) is 0 Å². The zero-order valence-corrected chi connectivity index (χ0v) is 25.7. The average Bonchev–Trinajstić information content (AvgIpc) is 2.85. The van der Waals surface area contributed by atoms with Gasteiger partial charge in [-0.15, -0.1) is 0 Å². The minimum Gasteiger partial charge on any atom is -0.444 e. The van der Waals surface area contributed by atoms with Gasteiger partial charge in [-0.3, -0.25) is 14.4 Å². The second-order valence-corrected chi connectivity index (χ2v) is 12.2. The van der Waals surface area contributed by atoms with Gasteiger partial charge in [-0.2, -0.15) is 0 Å². The number of ether oxygens (including phenoxy) is 1. The minimum absolute atomic E-state index is 0.0804. The number of likely N-dealkylation sites (N-methyl/N-ethyl adjacent to an activating group) is 1. The van der Waals surface area contributed by atoms with Crippen molar-refractivity contribution in [2.45, 2.75) is 110 Å². The molecule has 5 atom stereocenters. The maximum absolute atomic E-state index is 13.0. The molecule has 1 aromatic rings. The predicted molar refractivity (Wildman–Crippen MR) is 157 cm³/mol. The van der Waals surface area contributed by atoms with E-state index in [1.165, 1.54) is 7.05 Å². The Kier molecular flexibility index (Phi) is 14.8. The number of alkyl carbamates (subject to hydrolysis) is 1. The summed E-state index contributed by atoms with van der Waals surface area (Å²) in [4.78, 5) is 50.3. The van der Waals surface area contributed by atoms with Crippen molar-refractivity contribution in [3.63, 3.8) is 0 Å². The molecule has 0 unspecified atom stereocenters. The first-order chi connectivity index (χ1) is 19.0. The summed E-state index contributed by atoms with van der Waals surface area (Å²) in [5, 5.41) is 32.5. The Morgan fingerprint density at radius 3 is 1.85 bits per heavy atom. The molecule has 1 rings (SSSR count). The molecule has 232 valence electrons. The number of nitrogens with one attached hydrogen (secondary N) is 4. The first kappa shape index (κ1) is 35.8. The van der Waals surface area contributed by atoms with Crippen LogP contribution >= 0.6 is 0 Å². The number of rotatable bonds is 15. The molecule has 0 spiro atoms. The Balaban J connectivity index is 2.94. The van der Waals surface area contributed by atoms with Crippen LogP contribution < -0.4 is 21.3 Å². The van der Waals surface area contributed by atoms with E-state index in [0.717, 1.165) is 5.56 Å². The molecule has 0 fully saturated rings. The normalized spacial score (nSPS) is 15.3. The number of carbonyl (C=O) groups excluding carboxylic acids is 4. The zero-order chi connectivity index (χ0) is 31.3. The van der Waals surface area contributed by atoms with Gasteiger partial charge in [-0.05, 0) is 51.0 Å². The van der Waals surface area contributed by atoms with Gasteiger partial charge in [0.05, 0.1) is 37.1 Å². The fourth-order valence-corrected chi connectivity index (χ4v) is 4.28. The van der Waals surface area contributed by atoms with Crippen LogP contribution in [0.2, 0.25) is 0 Å². The summed E-state index contributed by atoms with van der Waals surface area (Å²) in [6.45, 7) is 12.6. The highest BCUT2D eigenvalue weighted by Crippen LogP contribution is 2.15. The van der Waals surface area contributed by atoms with Gasteiger partial charge in [0.2, 0.25) is 17.7 Å². The zero-order valence-electron chi connectivity index (χ0n) is 25.7. The number of hydrogen-bond acceptors (Lipinski definition) is 7. The molecule has 11 nitrogen and oxygen atoms in total. The number of carbonyl (C=O) groups is 4. The van der Waals surface area contributed by atoms with Crippen molar-refractivity contribution in [2.24, 2.45) is 11.8 Å². The molecule has 0 radical (unpaired) electrons. The van der Waals surface area contributed by atoms with Crippen LogP contribution in [-0.2, 0) is 25.5 Å². The number of benzene rings is 1. The van der Waals surface area contributed by atoms with E-state index < -0.39 is 53.8 Å². The van der Waals surface area contributed by atoms with Gasteiger partial charge in [0.25, 0.3) is 0 Å². The van der Waals surface area contributed by atoms with E-state index in [2.05, 4.69) is 21.3 Å². The summed E-state index contributed by atoms with van der Waals surface area (Å²) in [7, 11) is 1.48. The largest absolute Gasteiger partial charge is 0.444 e. The highest BCUT2D eigenvalue weighted by atomic mass is 16.6. The van der Waals surface area contributed by atoms with Crippen LogP contribution in [0.1, 0.15) is 73.3 Å². The van der Waals surface area contributed by atoms with Crippen LogP contribution in [0.15, 0.2) is 30.3 Å². The second-order valence-electron chi connectivity index (χ2n) is 12.2. The maximum atomic E-state index is 13.0. The summed E-state index contributed by atoms with van der Waals surface area (Å²) in [5.41, 5.74) is 0.106. The predicted octanol–water partition coefficient (Wildman–Crippen LogP) is 2.04. The highest BCUT2D eigenvalue weighted by Gasteiger charge is 2.31. The third kappa shape index (κ3) is 14.3. The van der Waals surface area contributed by atoms with Gasteiger partial charge in [0.15, 0.2) is 0 Å². The van der Waals surface area contributed by atoms with E-state index in [-0.39, 0.29) is 37.0 Å². The van der Waals surface area contributed by atoms with Gasteiger partial charge in [0.1, 0.15) is 11.6 Å². The van der Waals surface area contributed by atoms with Crippen molar-refractivity contribution in [1.82, 2.24) is 21.3 Å². The van der Waals surface area contributed by atoms with Gasteiger partial charge in [0, 0.05) is 7.05 Å². The summed E-state index contributed by atoms with van der Waals surface area (Å²) >= 11 is 0. The molecule has 6 N–H and O–H groups in total. The van der Waals surface area contributed by atoms with E-state index >= 15 is 0 Å². The summed E-state index contributed by atoms with van der Waals surface area (Å²) < 4.78 is 5.34. The first-order valence-corrected chi connectivity index (χ1v) is 14.2. The van der Waals surface area contributed by atoms with E-state index in [0.29, 0.717) is 6.42 Å². The third-order valence-electron chi connectivity index (χ3n) is 6.30. The summed E-state index contributed by atoms with van der Waals surface area (Å²) in [6, 6.07) is 6.88. The lowest BCUT2D eigenvalue weighted by Crippen LogP contribution is -2.52. The van der Waals surface area contributed by atoms with Crippen molar-refractivity contribution >= 4 is 23.8 Å². The molecular formula is C30H50N4O7. The van der Waals surface area contributed by atoms with Crippen LogP contribution in [0.25, 0.3) is 0 Å². The monoisotopic (exact) mass is 578 g/mol. The topological polar surface area (TPSA) is 166 Å². The van der Waals surface area contributed by atoms with E-state index in [1.807, 2.05) is 44.2 Å². The molecule has 41 heavy (non-hydrogen) atoms. The smallest absolute Gasteiger partial charge is 0.407 e. The summed E-state index contributed by atoms with van der Waals surface area (Å²) in [6.07, 6.45) is -3.24. The molecule has 1 aromatic carbocycles. The lowest BCUT2D eigenvalue weighted by Gasteiger charge is -2.29. The van der Waals surface area contributed by atoms with E-state index in [1.54, 1.807) is 34.6 Å². The van der Waals surface area contributed by atoms with Crippen molar-refractivity contribution in [2.75, 3.05) is 7.05 Å². The Morgan fingerprint density at radius 2 is 1.37 bits per heavy atom. The molecule has 4 amide bonds. The lowest BCUT2D eigenvalue weighted by molar-refractivity contribution is -0.131. The molecule has 0 aliphatic heterocycles. The highest BCUT2D eigenvalue weighted by molar-refractivity contribution is 5.87. The van der Waals surface area contributed by atoms with Gasteiger partial charge >= 0.3 is 6.09 Å². The van der Waals surface area contributed by atoms with Crippen molar-refractivity contribution in [3.8, 4) is 0 Å². The Hall–Kier alpha value is -3.18. The Labute approximate surface area is 244 Å². The van der Waals surface area contributed by atoms with Crippen LogP contribution in [-0.4, -0.2) is 77.0 Å². The van der Waals surface area contributed by atoms with Crippen LogP contribution in [0, 0.1) is 11.8 Å². The molecule has 11 heteroatoms. The van der Waals surface area contributed by atoms with Crippen molar-refractivity contribution < 1.29 is 34.1 Å². The molecule has 0 aliphatic rings. The molecule has 0 saturated carbocycles. The SMILES string of the molecule is CNC(=O)[C@@H](NC(=O)C[C@H](O)[C@H](CC(C)C)NC(=O)C[C@H](O)[C@H](Cc1ccccc1)NC(=O)OC(C)(C)C)C(C)C. The fourth-order valence-electron chi connectivity index (χ4n) is 4.28. The molecular weight excluding hydrogens is 528 g/mol. The standard InChI is InChI=1S/C30H50N4O7/c1-18(2)14-21(23(35)17-26(38)34-27(19(3)4)28(39)31-8)32-25(37)16-24(36)22(15-20-12-10-9-11-13-20)33-29(40)41-30(5,6)7/h9-13,18-19,21-24,27,35-36H,14-17H2,1-8H3,(H,31,39)(H,32,37)(H,33,40)(H,34,38)/t21-,22-,23-,24-,27-/m0/s1. The average molecular weight is 579 g/mol. The van der Waals surface area contributed by atoms with Gasteiger partial charge in [-0.1, -0.05) is 58.0 Å². The maximum Gasteiger partial charge on any atom is 0.407 e. The molecule has 0 aliphatic carbocycles. The van der Waals surface area contributed by atoms with E-state index in [9.17, 15) is 29.4 Å². The van der Waals surface area contributed by atoms with Crippen LogP contribution in [0.5, 0.6) is 0 Å². The first-order valence-electron chi connectivity index (χ1n) is 14.2. The number of amides is 4. The lowest BCUT2D eigenvalue weighted by atomic mass is 9.95. The molecule has 0 bridgehead atoms. The van der Waals surface area contributed by atoms with E-state index in [4.69, 9.17) is 4.74 Å². The quantitative estimate of drug-likeness (QED) is 0.185.